The molecule has 0 saturated carbocycles. The van der Waals surface area contributed by atoms with Crippen LogP contribution >= 0.6 is 0 Å². The van der Waals surface area contributed by atoms with Crippen molar-refractivity contribution in [2.75, 3.05) is 18.4 Å². The highest BCUT2D eigenvalue weighted by molar-refractivity contribution is 5.95. The molecular formula is C18H21N3O4. The van der Waals surface area contributed by atoms with E-state index in [-0.39, 0.29) is 24.3 Å². The molecule has 0 bridgehead atoms. The zero-order valence-electron chi connectivity index (χ0n) is 14.1. The number of likely N-dealkylation sites (tertiary alicyclic amines) is 1. The summed E-state index contributed by atoms with van der Waals surface area (Å²) in [7, 11) is 0. The fraction of sp³-hybridized carbons (Fsp3) is 0.389. The number of piperidine rings is 1. The van der Waals surface area contributed by atoms with Crippen LogP contribution in [-0.2, 0) is 20.9 Å². The first-order chi connectivity index (χ1) is 11.9. The minimum atomic E-state index is -0.896. The van der Waals surface area contributed by atoms with E-state index in [1.807, 2.05) is 18.2 Å². The van der Waals surface area contributed by atoms with E-state index in [4.69, 9.17) is 5.11 Å². The molecule has 1 fully saturated rings. The number of rotatable bonds is 4. The quantitative estimate of drug-likeness (QED) is 0.887. The Morgan fingerprint density at radius 1 is 1.20 bits per heavy atom. The van der Waals surface area contributed by atoms with Gasteiger partial charge in [0, 0.05) is 48.7 Å². The molecule has 25 heavy (non-hydrogen) atoms. The Kier molecular flexibility index (Phi) is 4.74. The van der Waals surface area contributed by atoms with Crippen LogP contribution in [0.2, 0.25) is 0 Å². The maximum absolute atomic E-state index is 12.4. The fourth-order valence-electron chi connectivity index (χ4n) is 3.26. The molecule has 1 aliphatic heterocycles. The largest absolute Gasteiger partial charge is 0.480 e. The molecule has 0 spiro atoms. The third kappa shape index (κ3) is 3.81. The number of hydrogen-bond acceptors (Lipinski definition) is 3. The van der Waals surface area contributed by atoms with Gasteiger partial charge in [-0.15, -0.1) is 0 Å². The first kappa shape index (κ1) is 17.0. The number of hydrogen-bond donors (Lipinski definition) is 2. The third-order valence-electron chi connectivity index (χ3n) is 4.66. The van der Waals surface area contributed by atoms with Crippen molar-refractivity contribution in [2.24, 2.45) is 5.92 Å². The van der Waals surface area contributed by atoms with Crippen molar-refractivity contribution >= 4 is 34.4 Å². The lowest BCUT2D eigenvalue weighted by molar-refractivity contribution is -0.137. The zero-order chi connectivity index (χ0) is 18.0. The molecule has 132 valence electrons. The number of carbonyl (C=O) groups excluding carboxylic acids is 2. The number of carbonyl (C=O) groups is 3. The molecule has 1 aromatic heterocycles. The van der Waals surface area contributed by atoms with Gasteiger partial charge in [-0.1, -0.05) is 0 Å². The zero-order valence-corrected chi connectivity index (χ0v) is 14.1. The molecule has 7 heteroatoms. The molecule has 0 unspecified atom stereocenters. The van der Waals surface area contributed by atoms with Crippen LogP contribution in [0.4, 0.5) is 5.69 Å². The molecule has 0 aliphatic carbocycles. The van der Waals surface area contributed by atoms with Crippen molar-refractivity contribution in [3.8, 4) is 0 Å². The fourth-order valence-corrected chi connectivity index (χ4v) is 3.26. The first-order valence-corrected chi connectivity index (χ1v) is 8.31. The van der Waals surface area contributed by atoms with Crippen LogP contribution < -0.4 is 5.32 Å². The minimum Gasteiger partial charge on any atom is -0.480 e. The van der Waals surface area contributed by atoms with Crippen molar-refractivity contribution in [1.82, 2.24) is 9.47 Å². The number of amides is 2. The monoisotopic (exact) mass is 343 g/mol. The Bertz CT molecular complexity index is 819. The van der Waals surface area contributed by atoms with Gasteiger partial charge in [-0.3, -0.25) is 14.4 Å². The summed E-state index contributed by atoms with van der Waals surface area (Å²) in [6.45, 7) is 2.69. The van der Waals surface area contributed by atoms with Gasteiger partial charge in [-0.05, 0) is 37.1 Å². The molecule has 2 N–H and O–H groups in total. The number of nitrogens with zero attached hydrogens (tertiary/aromatic N) is 2. The number of carboxylic acid groups (broad SMARTS) is 1. The van der Waals surface area contributed by atoms with Gasteiger partial charge in [-0.2, -0.15) is 0 Å². The smallest absolute Gasteiger partial charge is 0.323 e. The van der Waals surface area contributed by atoms with E-state index in [0.29, 0.717) is 31.6 Å². The van der Waals surface area contributed by atoms with E-state index in [1.165, 1.54) is 0 Å². The summed E-state index contributed by atoms with van der Waals surface area (Å²) in [6.07, 6.45) is 3.06. The number of anilines is 1. The Morgan fingerprint density at radius 3 is 2.56 bits per heavy atom. The van der Waals surface area contributed by atoms with Gasteiger partial charge in [0.05, 0.1) is 0 Å². The average molecular weight is 343 g/mol. The molecule has 2 aromatic rings. The molecular weight excluding hydrogens is 322 g/mol. The SMILES string of the molecule is CC(=O)N1CCC(C(=O)Nc2ccc3c(ccn3CC(=O)O)c2)CC1. The van der Waals surface area contributed by atoms with E-state index in [9.17, 15) is 14.4 Å². The van der Waals surface area contributed by atoms with E-state index in [2.05, 4.69) is 5.32 Å². The molecule has 0 atom stereocenters. The molecule has 2 amide bonds. The second-order valence-electron chi connectivity index (χ2n) is 6.38. The predicted molar refractivity (Wildman–Crippen MR) is 93.2 cm³/mol. The number of benzene rings is 1. The normalized spacial score (nSPS) is 15.3. The summed E-state index contributed by atoms with van der Waals surface area (Å²) in [4.78, 5) is 36.4. The van der Waals surface area contributed by atoms with Gasteiger partial charge < -0.3 is 19.9 Å². The van der Waals surface area contributed by atoms with E-state index < -0.39 is 5.97 Å². The number of carboxylic acids is 1. The summed E-state index contributed by atoms with van der Waals surface area (Å²) >= 11 is 0. The van der Waals surface area contributed by atoms with Crippen molar-refractivity contribution in [3.05, 3.63) is 30.5 Å². The van der Waals surface area contributed by atoms with Crippen molar-refractivity contribution in [2.45, 2.75) is 26.3 Å². The molecule has 3 rings (SSSR count). The van der Waals surface area contributed by atoms with E-state index >= 15 is 0 Å². The Labute approximate surface area is 145 Å². The molecule has 7 nitrogen and oxygen atoms in total. The van der Waals surface area contributed by atoms with Gasteiger partial charge in [-0.25, -0.2) is 0 Å². The van der Waals surface area contributed by atoms with E-state index in [1.54, 1.807) is 28.7 Å². The van der Waals surface area contributed by atoms with Crippen molar-refractivity contribution in [3.63, 3.8) is 0 Å². The van der Waals surface area contributed by atoms with Gasteiger partial charge in [0.1, 0.15) is 6.54 Å². The maximum atomic E-state index is 12.4. The topological polar surface area (TPSA) is 91.6 Å². The minimum absolute atomic E-state index is 0.0347. The maximum Gasteiger partial charge on any atom is 0.323 e. The lowest BCUT2D eigenvalue weighted by Crippen LogP contribution is -2.40. The van der Waals surface area contributed by atoms with Crippen LogP contribution in [0.3, 0.4) is 0 Å². The van der Waals surface area contributed by atoms with Crippen LogP contribution in [0.5, 0.6) is 0 Å². The van der Waals surface area contributed by atoms with Gasteiger partial charge >= 0.3 is 5.97 Å². The summed E-state index contributed by atoms with van der Waals surface area (Å²) in [5.41, 5.74) is 1.51. The van der Waals surface area contributed by atoms with Gasteiger partial charge in [0.2, 0.25) is 11.8 Å². The summed E-state index contributed by atoms with van der Waals surface area (Å²) in [5.74, 6) is -0.975. The molecule has 1 saturated heterocycles. The van der Waals surface area contributed by atoms with Crippen LogP contribution in [0.25, 0.3) is 10.9 Å². The van der Waals surface area contributed by atoms with Gasteiger partial charge in [0.25, 0.3) is 0 Å². The number of fused-ring (bicyclic) bond motifs is 1. The third-order valence-corrected chi connectivity index (χ3v) is 4.66. The van der Waals surface area contributed by atoms with Crippen LogP contribution in [0.15, 0.2) is 30.5 Å². The number of aromatic nitrogens is 1. The average Bonchev–Trinajstić information content (AvgIpc) is 2.96. The molecule has 2 heterocycles. The highest BCUT2D eigenvalue weighted by Gasteiger charge is 2.26. The summed E-state index contributed by atoms with van der Waals surface area (Å²) in [6, 6.07) is 7.27. The van der Waals surface area contributed by atoms with Crippen LogP contribution in [-0.4, -0.2) is 45.4 Å². The standard InChI is InChI=1S/C18H21N3O4/c1-12(22)20-7-4-13(5-8-20)18(25)19-15-2-3-16-14(10-15)6-9-21(16)11-17(23)24/h2-3,6,9-10,13H,4-5,7-8,11H2,1H3,(H,19,25)(H,23,24). The molecule has 1 aliphatic rings. The Hall–Kier alpha value is -2.83. The predicted octanol–water partition coefficient (Wildman–Crippen LogP) is 1.92. The summed E-state index contributed by atoms with van der Waals surface area (Å²) < 4.78 is 1.65. The van der Waals surface area contributed by atoms with Crippen molar-refractivity contribution in [1.29, 1.82) is 0 Å². The Morgan fingerprint density at radius 2 is 1.92 bits per heavy atom. The Balaban J connectivity index is 1.66. The molecule has 0 radical (unpaired) electrons. The second kappa shape index (κ2) is 6.96. The van der Waals surface area contributed by atoms with Crippen LogP contribution in [0.1, 0.15) is 19.8 Å². The van der Waals surface area contributed by atoms with Gasteiger partial charge in [0.15, 0.2) is 0 Å². The lowest BCUT2D eigenvalue weighted by atomic mass is 9.96. The number of aliphatic carboxylic acids is 1. The highest BCUT2D eigenvalue weighted by Crippen LogP contribution is 2.23. The highest BCUT2D eigenvalue weighted by atomic mass is 16.4. The van der Waals surface area contributed by atoms with E-state index in [0.717, 1.165) is 10.9 Å². The lowest BCUT2D eigenvalue weighted by Gasteiger charge is -2.30. The van der Waals surface area contributed by atoms with Crippen LogP contribution in [0, 0.1) is 5.92 Å². The van der Waals surface area contributed by atoms with Crippen molar-refractivity contribution < 1.29 is 19.5 Å². The molecule has 1 aromatic carbocycles. The first-order valence-electron chi connectivity index (χ1n) is 8.31. The number of nitrogens with one attached hydrogen (secondary N) is 1. The summed E-state index contributed by atoms with van der Waals surface area (Å²) in [5, 5.41) is 12.7. The second-order valence-corrected chi connectivity index (χ2v) is 6.38.